The van der Waals surface area contributed by atoms with Crippen molar-refractivity contribution in [3.63, 3.8) is 0 Å². The molecule has 0 aromatic heterocycles. The third-order valence-electron chi connectivity index (χ3n) is 7.02. The van der Waals surface area contributed by atoms with E-state index in [0.717, 1.165) is 44.6 Å². The number of anilines is 1. The average molecular weight is 413 g/mol. The molecule has 2 atom stereocenters. The summed E-state index contributed by atoms with van der Waals surface area (Å²) in [7, 11) is 0. The Balaban J connectivity index is 1.30. The smallest absolute Gasteiger partial charge is 0.225 e. The van der Waals surface area contributed by atoms with E-state index >= 15 is 0 Å². The maximum absolute atomic E-state index is 13.0. The van der Waals surface area contributed by atoms with E-state index in [1.54, 1.807) is 6.92 Å². The number of nitrogens with zero attached hydrogens (tertiary/aromatic N) is 3. The van der Waals surface area contributed by atoms with Crippen molar-refractivity contribution in [2.24, 2.45) is 23.5 Å². The van der Waals surface area contributed by atoms with Crippen molar-refractivity contribution in [1.82, 2.24) is 9.80 Å². The van der Waals surface area contributed by atoms with Gasteiger partial charge in [-0.1, -0.05) is 12.1 Å². The van der Waals surface area contributed by atoms with Crippen molar-refractivity contribution in [3.8, 4) is 0 Å². The zero-order chi connectivity index (χ0) is 21.3. The van der Waals surface area contributed by atoms with Gasteiger partial charge in [0.25, 0.3) is 0 Å². The summed E-state index contributed by atoms with van der Waals surface area (Å²) in [6.07, 6.45) is 2.62. The summed E-state index contributed by atoms with van der Waals surface area (Å²) < 4.78 is 0. The number of benzene rings is 1. The number of likely N-dealkylation sites (tertiary alicyclic amines) is 2. The van der Waals surface area contributed by atoms with Crippen LogP contribution in [0.3, 0.4) is 0 Å². The second kappa shape index (κ2) is 8.66. The third kappa shape index (κ3) is 4.45. The van der Waals surface area contributed by atoms with E-state index in [4.69, 9.17) is 5.73 Å². The fourth-order valence-corrected chi connectivity index (χ4v) is 5.26. The van der Waals surface area contributed by atoms with Crippen LogP contribution in [0.4, 0.5) is 5.69 Å². The zero-order valence-electron chi connectivity index (χ0n) is 17.8. The standard InChI is InChI=1S/C23H32N4O3/c1-16(28)25-9-7-18(8-10-25)23(30)27-14-19-12-26(13-20(19)15-27)21-4-2-3-17(11-21)5-6-22(24)29/h2-4,11,18-20H,5-10,12-15H2,1H3,(H2,24,29). The quantitative estimate of drug-likeness (QED) is 0.789. The first kappa shape index (κ1) is 20.7. The Bertz CT molecular complexity index is 804. The molecule has 3 aliphatic heterocycles. The number of hydrogen-bond donors (Lipinski definition) is 1. The second-order valence-corrected chi connectivity index (χ2v) is 9.08. The maximum atomic E-state index is 13.0. The van der Waals surface area contributed by atoms with Gasteiger partial charge in [0, 0.05) is 76.1 Å². The van der Waals surface area contributed by atoms with Gasteiger partial charge in [-0.2, -0.15) is 0 Å². The lowest BCUT2D eigenvalue weighted by molar-refractivity contribution is -0.139. The summed E-state index contributed by atoms with van der Waals surface area (Å²) in [5.74, 6) is 1.22. The molecule has 2 unspecified atom stereocenters. The van der Waals surface area contributed by atoms with Crippen LogP contribution < -0.4 is 10.6 Å². The van der Waals surface area contributed by atoms with Crippen molar-refractivity contribution >= 4 is 23.4 Å². The van der Waals surface area contributed by atoms with Gasteiger partial charge in [0.15, 0.2) is 0 Å². The highest BCUT2D eigenvalue weighted by atomic mass is 16.2. The van der Waals surface area contributed by atoms with Gasteiger partial charge in [-0.05, 0) is 37.0 Å². The number of aryl methyl sites for hydroxylation is 1. The Morgan fingerprint density at radius 1 is 1.00 bits per heavy atom. The van der Waals surface area contributed by atoms with E-state index in [0.29, 0.717) is 37.8 Å². The van der Waals surface area contributed by atoms with E-state index < -0.39 is 0 Å². The van der Waals surface area contributed by atoms with Gasteiger partial charge >= 0.3 is 0 Å². The molecule has 3 heterocycles. The zero-order valence-corrected chi connectivity index (χ0v) is 17.8. The van der Waals surface area contributed by atoms with Gasteiger partial charge in [0.05, 0.1) is 0 Å². The summed E-state index contributed by atoms with van der Waals surface area (Å²) >= 11 is 0. The molecule has 0 bridgehead atoms. The molecule has 1 aromatic rings. The molecule has 3 amide bonds. The molecule has 7 nitrogen and oxygen atoms in total. The van der Waals surface area contributed by atoms with Crippen LogP contribution in [0.5, 0.6) is 0 Å². The Morgan fingerprint density at radius 3 is 2.27 bits per heavy atom. The highest BCUT2D eigenvalue weighted by molar-refractivity contribution is 5.80. The minimum Gasteiger partial charge on any atom is -0.371 e. The molecule has 0 spiro atoms. The van der Waals surface area contributed by atoms with Crippen molar-refractivity contribution in [1.29, 1.82) is 0 Å². The Kier molecular flexibility index (Phi) is 5.97. The topological polar surface area (TPSA) is 87.0 Å². The number of primary amides is 1. The van der Waals surface area contributed by atoms with Crippen LogP contribution in [0, 0.1) is 17.8 Å². The fraction of sp³-hybridized carbons (Fsp3) is 0.609. The van der Waals surface area contributed by atoms with Crippen LogP contribution >= 0.6 is 0 Å². The summed E-state index contributed by atoms with van der Waals surface area (Å²) in [6.45, 7) is 6.62. The fourth-order valence-electron chi connectivity index (χ4n) is 5.26. The summed E-state index contributed by atoms with van der Waals surface area (Å²) in [6, 6.07) is 8.38. The van der Waals surface area contributed by atoms with Crippen LogP contribution in [-0.4, -0.2) is 66.8 Å². The molecule has 3 fully saturated rings. The molecule has 3 aliphatic rings. The summed E-state index contributed by atoms with van der Waals surface area (Å²) in [5, 5.41) is 0. The van der Waals surface area contributed by atoms with Crippen LogP contribution in [0.15, 0.2) is 24.3 Å². The molecular weight excluding hydrogens is 380 g/mol. The van der Waals surface area contributed by atoms with E-state index in [9.17, 15) is 14.4 Å². The average Bonchev–Trinajstić information content (AvgIpc) is 3.31. The molecule has 0 aliphatic carbocycles. The molecule has 0 saturated carbocycles. The van der Waals surface area contributed by atoms with E-state index in [1.807, 2.05) is 17.0 Å². The molecule has 7 heteroatoms. The minimum atomic E-state index is -0.271. The summed E-state index contributed by atoms with van der Waals surface area (Å²) in [5.41, 5.74) is 7.61. The Hall–Kier alpha value is -2.57. The van der Waals surface area contributed by atoms with Gasteiger partial charge in [-0.15, -0.1) is 0 Å². The molecule has 0 radical (unpaired) electrons. The lowest BCUT2D eigenvalue weighted by Gasteiger charge is -2.33. The number of carbonyl (C=O) groups excluding carboxylic acids is 3. The van der Waals surface area contributed by atoms with Gasteiger partial charge in [-0.25, -0.2) is 0 Å². The molecule has 4 rings (SSSR count). The van der Waals surface area contributed by atoms with Crippen LogP contribution in [0.2, 0.25) is 0 Å². The molecule has 3 saturated heterocycles. The van der Waals surface area contributed by atoms with Gasteiger partial charge in [0.2, 0.25) is 17.7 Å². The van der Waals surface area contributed by atoms with Crippen molar-refractivity contribution in [2.45, 2.75) is 32.6 Å². The molecule has 162 valence electrons. The van der Waals surface area contributed by atoms with E-state index in [2.05, 4.69) is 21.9 Å². The van der Waals surface area contributed by atoms with Crippen molar-refractivity contribution in [3.05, 3.63) is 29.8 Å². The number of amides is 3. The van der Waals surface area contributed by atoms with Crippen LogP contribution in [0.25, 0.3) is 0 Å². The number of hydrogen-bond acceptors (Lipinski definition) is 4. The lowest BCUT2D eigenvalue weighted by Crippen LogP contribution is -2.44. The summed E-state index contributed by atoms with van der Waals surface area (Å²) in [4.78, 5) is 41.9. The largest absolute Gasteiger partial charge is 0.371 e. The van der Waals surface area contributed by atoms with Crippen molar-refractivity contribution in [2.75, 3.05) is 44.2 Å². The number of fused-ring (bicyclic) bond motifs is 1. The van der Waals surface area contributed by atoms with E-state index in [1.165, 1.54) is 5.69 Å². The maximum Gasteiger partial charge on any atom is 0.225 e. The first-order valence-corrected chi connectivity index (χ1v) is 11.1. The number of nitrogens with two attached hydrogens (primary N) is 1. The number of piperidine rings is 1. The molecular formula is C23H32N4O3. The number of rotatable bonds is 5. The Labute approximate surface area is 178 Å². The molecule has 30 heavy (non-hydrogen) atoms. The van der Waals surface area contributed by atoms with Gasteiger partial charge in [0.1, 0.15) is 0 Å². The van der Waals surface area contributed by atoms with Crippen LogP contribution in [0.1, 0.15) is 31.7 Å². The monoisotopic (exact) mass is 412 g/mol. The van der Waals surface area contributed by atoms with E-state index in [-0.39, 0.29) is 23.6 Å². The molecule has 1 aromatic carbocycles. The number of carbonyl (C=O) groups is 3. The van der Waals surface area contributed by atoms with Gasteiger partial charge in [-0.3, -0.25) is 14.4 Å². The highest BCUT2D eigenvalue weighted by Gasteiger charge is 2.43. The van der Waals surface area contributed by atoms with Crippen molar-refractivity contribution < 1.29 is 14.4 Å². The third-order valence-corrected chi connectivity index (χ3v) is 7.02. The lowest BCUT2D eigenvalue weighted by atomic mass is 9.95. The Morgan fingerprint density at radius 2 is 1.67 bits per heavy atom. The van der Waals surface area contributed by atoms with Crippen LogP contribution in [-0.2, 0) is 20.8 Å². The normalized spacial score (nSPS) is 24.2. The highest BCUT2D eigenvalue weighted by Crippen LogP contribution is 2.35. The predicted octanol–water partition coefficient (Wildman–Crippen LogP) is 1.26. The molecule has 2 N–H and O–H groups in total. The second-order valence-electron chi connectivity index (χ2n) is 9.08. The first-order chi connectivity index (χ1) is 14.4. The SMILES string of the molecule is CC(=O)N1CCC(C(=O)N2CC3CN(c4cccc(CCC(N)=O)c4)CC3C2)CC1. The predicted molar refractivity (Wildman–Crippen MR) is 115 cm³/mol. The minimum absolute atomic E-state index is 0.0671. The van der Waals surface area contributed by atoms with Gasteiger partial charge < -0.3 is 20.4 Å². The first-order valence-electron chi connectivity index (χ1n) is 11.1.